The molecule has 0 bridgehead atoms. The van der Waals surface area contributed by atoms with E-state index in [-0.39, 0.29) is 18.0 Å². The third kappa shape index (κ3) is 6.34. The van der Waals surface area contributed by atoms with E-state index in [0.717, 1.165) is 11.1 Å². The van der Waals surface area contributed by atoms with Gasteiger partial charge in [0.05, 0.1) is 13.2 Å². The number of benzene rings is 2. The Hall–Kier alpha value is -3.35. The predicted octanol–water partition coefficient (Wildman–Crippen LogP) is 2.96. The van der Waals surface area contributed by atoms with Crippen LogP contribution in [0.25, 0.3) is 0 Å². The molecule has 0 aliphatic carbocycles. The predicted molar refractivity (Wildman–Crippen MR) is 110 cm³/mol. The number of amides is 2. The number of hydrogen-bond donors (Lipinski definition) is 1. The Balaban J connectivity index is 1.88. The van der Waals surface area contributed by atoms with E-state index in [1.165, 1.54) is 11.9 Å². The SMILES string of the molecule is CCOc1ccccc1C(=O)OCC(=O)N(C)CC(=O)Nc1cc(C)ccc1C. The van der Waals surface area contributed by atoms with Crippen LogP contribution in [0.2, 0.25) is 0 Å². The first-order valence-electron chi connectivity index (χ1n) is 9.31. The first kappa shape index (κ1) is 21.9. The van der Waals surface area contributed by atoms with Crippen molar-refractivity contribution in [1.82, 2.24) is 4.90 Å². The van der Waals surface area contributed by atoms with Gasteiger partial charge in [0.25, 0.3) is 5.91 Å². The molecule has 0 spiro atoms. The molecule has 0 heterocycles. The number of rotatable bonds is 8. The number of aryl methyl sites for hydroxylation is 2. The molecular weight excluding hydrogens is 372 g/mol. The van der Waals surface area contributed by atoms with Crippen molar-refractivity contribution < 1.29 is 23.9 Å². The van der Waals surface area contributed by atoms with Crippen LogP contribution in [0.4, 0.5) is 5.69 Å². The highest BCUT2D eigenvalue weighted by atomic mass is 16.5. The number of esters is 1. The van der Waals surface area contributed by atoms with Crippen LogP contribution in [0, 0.1) is 13.8 Å². The summed E-state index contributed by atoms with van der Waals surface area (Å²) in [5.74, 6) is -1.07. The average Bonchev–Trinajstić information content (AvgIpc) is 2.69. The molecule has 7 heteroatoms. The Morgan fingerprint density at radius 1 is 1.07 bits per heavy atom. The van der Waals surface area contributed by atoms with Crippen molar-refractivity contribution in [3.05, 3.63) is 59.2 Å². The van der Waals surface area contributed by atoms with Crippen molar-refractivity contribution in [2.45, 2.75) is 20.8 Å². The van der Waals surface area contributed by atoms with Gasteiger partial charge in [-0.15, -0.1) is 0 Å². The first-order valence-corrected chi connectivity index (χ1v) is 9.31. The van der Waals surface area contributed by atoms with Crippen LogP contribution in [0.3, 0.4) is 0 Å². The molecule has 7 nitrogen and oxygen atoms in total. The number of ether oxygens (including phenoxy) is 2. The summed E-state index contributed by atoms with van der Waals surface area (Å²) in [5.41, 5.74) is 2.90. The van der Waals surface area contributed by atoms with Crippen molar-refractivity contribution in [3.8, 4) is 5.75 Å². The van der Waals surface area contributed by atoms with Gasteiger partial charge in [0.15, 0.2) is 6.61 Å². The van der Waals surface area contributed by atoms with Crippen LogP contribution in [0.5, 0.6) is 5.75 Å². The second-order valence-corrected chi connectivity index (χ2v) is 6.62. The summed E-state index contributed by atoms with van der Waals surface area (Å²) < 4.78 is 10.5. The molecular formula is C22H26N2O5. The van der Waals surface area contributed by atoms with Gasteiger partial charge < -0.3 is 19.7 Å². The van der Waals surface area contributed by atoms with Crippen LogP contribution >= 0.6 is 0 Å². The molecule has 0 aromatic heterocycles. The first-order chi connectivity index (χ1) is 13.8. The van der Waals surface area contributed by atoms with Gasteiger partial charge in [0, 0.05) is 12.7 Å². The molecule has 2 aromatic rings. The molecule has 0 saturated carbocycles. The zero-order valence-corrected chi connectivity index (χ0v) is 17.2. The molecule has 0 radical (unpaired) electrons. The molecule has 2 rings (SSSR count). The van der Waals surface area contributed by atoms with Crippen LogP contribution < -0.4 is 10.1 Å². The Morgan fingerprint density at radius 2 is 1.79 bits per heavy atom. The van der Waals surface area contributed by atoms with Crippen molar-refractivity contribution in [3.63, 3.8) is 0 Å². The minimum atomic E-state index is -0.657. The Morgan fingerprint density at radius 3 is 2.52 bits per heavy atom. The van der Waals surface area contributed by atoms with E-state index in [2.05, 4.69) is 5.32 Å². The number of carbonyl (C=O) groups excluding carboxylic acids is 3. The van der Waals surface area contributed by atoms with E-state index in [0.29, 0.717) is 18.0 Å². The summed E-state index contributed by atoms with van der Waals surface area (Å²) in [4.78, 5) is 37.9. The number of likely N-dealkylation sites (N-methyl/N-ethyl adjacent to an activating group) is 1. The van der Waals surface area contributed by atoms with Crippen molar-refractivity contribution in [1.29, 1.82) is 0 Å². The van der Waals surface area contributed by atoms with E-state index in [9.17, 15) is 14.4 Å². The fourth-order valence-corrected chi connectivity index (χ4v) is 2.60. The van der Waals surface area contributed by atoms with E-state index < -0.39 is 18.5 Å². The summed E-state index contributed by atoms with van der Waals surface area (Å²) in [6.07, 6.45) is 0. The number of para-hydroxylation sites is 1. The van der Waals surface area contributed by atoms with Gasteiger partial charge in [-0.05, 0) is 50.1 Å². The molecule has 0 saturated heterocycles. The van der Waals surface area contributed by atoms with Crippen LogP contribution in [-0.2, 0) is 14.3 Å². The Labute approximate surface area is 170 Å². The van der Waals surface area contributed by atoms with Crippen LogP contribution in [0.1, 0.15) is 28.4 Å². The van der Waals surface area contributed by atoms with Gasteiger partial charge >= 0.3 is 5.97 Å². The van der Waals surface area contributed by atoms with Crippen molar-refractivity contribution in [2.24, 2.45) is 0 Å². The second-order valence-electron chi connectivity index (χ2n) is 6.62. The monoisotopic (exact) mass is 398 g/mol. The summed E-state index contributed by atoms with van der Waals surface area (Å²) in [7, 11) is 1.48. The second kappa shape index (κ2) is 10.3. The van der Waals surface area contributed by atoms with Crippen molar-refractivity contribution >= 4 is 23.5 Å². The molecule has 0 aliphatic rings. The van der Waals surface area contributed by atoms with Crippen LogP contribution in [-0.4, -0.2) is 49.5 Å². The molecule has 0 fully saturated rings. The fourth-order valence-electron chi connectivity index (χ4n) is 2.60. The average molecular weight is 398 g/mol. The molecule has 154 valence electrons. The van der Waals surface area contributed by atoms with Gasteiger partial charge in [-0.3, -0.25) is 9.59 Å². The van der Waals surface area contributed by atoms with E-state index in [1.807, 2.05) is 39.0 Å². The maximum absolute atomic E-state index is 12.2. The molecule has 0 aliphatic heterocycles. The summed E-state index contributed by atoms with van der Waals surface area (Å²) in [6, 6.07) is 12.4. The van der Waals surface area contributed by atoms with Gasteiger partial charge in [-0.1, -0.05) is 24.3 Å². The molecule has 1 N–H and O–H groups in total. The molecule has 2 aromatic carbocycles. The quantitative estimate of drug-likeness (QED) is 0.691. The fraction of sp³-hybridized carbons (Fsp3) is 0.318. The van der Waals surface area contributed by atoms with Gasteiger partial charge in [-0.25, -0.2) is 4.79 Å². The lowest BCUT2D eigenvalue weighted by Gasteiger charge is -2.18. The minimum Gasteiger partial charge on any atom is -0.493 e. The molecule has 2 amide bonds. The Bertz CT molecular complexity index is 895. The van der Waals surface area contributed by atoms with Gasteiger partial charge in [0.1, 0.15) is 11.3 Å². The number of nitrogens with one attached hydrogen (secondary N) is 1. The topological polar surface area (TPSA) is 84.9 Å². The number of anilines is 1. The Kier molecular flexibility index (Phi) is 7.77. The molecule has 0 unspecified atom stereocenters. The summed E-state index contributed by atoms with van der Waals surface area (Å²) >= 11 is 0. The van der Waals surface area contributed by atoms with E-state index in [1.54, 1.807) is 24.3 Å². The summed E-state index contributed by atoms with van der Waals surface area (Å²) in [5, 5.41) is 2.79. The normalized spacial score (nSPS) is 10.2. The summed E-state index contributed by atoms with van der Waals surface area (Å²) in [6.45, 7) is 5.42. The van der Waals surface area contributed by atoms with Crippen molar-refractivity contribution in [2.75, 3.05) is 32.1 Å². The largest absolute Gasteiger partial charge is 0.493 e. The zero-order valence-electron chi connectivity index (χ0n) is 17.2. The van der Waals surface area contributed by atoms with Gasteiger partial charge in [0.2, 0.25) is 5.91 Å². The lowest BCUT2D eigenvalue weighted by Crippen LogP contribution is -2.37. The zero-order chi connectivity index (χ0) is 21.4. The highest BCUT2D eigenvalue weighted by molar-refractivity contribution is 5.96. The maximum Gasteiger partial charge on any atom is 0.342 e. The maximum atomic E-state index is 12.2. The lowest BCUT2D eigenvalue weighted by molar-refractivity contribution is -0.136. The number of hydrogen-bond acceptors (Lipinski definition) is 5. The highest BCUT2D eigenvalue weighted by Crippen LogP contribution is 2.19. The van der Waals surface area contributed by atoms with Crippen LogP contribution in [0.15, 0.2) is 42.5 Å². The third-order valence-corrected chi connectivity index (χ3v) is 4.21. The van der Waals surface area contributed by atoms with E-state index in [4.69, 9.17) is 9.47 Å². The minimum absolute atomic E-state index is 0.153. The molecule has 0 atom stereocenters. The standard InChI is InChI=1S/C22H26N2O5/c1-5-28-19-9-7-6-8-17(19)22(27)29-14-21(26)24(4)13-20(25)23-18-12-15(2)10-11-16(18)3/h6-12H,5,13-14H2,1-4H3,(H,23,25). The third-order valence-electron chi connectivity index (χ3n) is 4.21. The smallest absolute Gasteiger partial charge is 0.342 e. The number of nitrogens with zero attached hydrogens (tertiary/aromatic N) is 1. The highest BCUT2D eigenvalue weighted by Gasteiger charge is 2.18. The van der Waals surface area contributed by atoms with Gasteiger partial charge in [-0.2, -0.15) is 0 Å². The molecule has 29 heavy (non-hydrogen) atoms. The van der Waals surface area contributed by atoms with E-state index >= 15 is 0 Å². The lowest BCUT2D eigenvalue weighted by atomic mass is 10.1. The number of carbonyl (C=O) groups is 3.